The lowest BCUT2D eigenvalue weighted by Gasteiger charge is -2.25. The van der Waals surface area contributed by atoms with Crippen molar-refractivity contribution in [3.8, 4) is 0 Å². The molecule has 1 fully saturated rings. The molecule has 2 unspecified atom stereocenters. The molecule has 2 rings (SSSR count). The molecule has 1 aliphatic carbocycles. The van der Waals surface area contributed by atoms with E-state index in [9.17, 15) is 0 Å². The van der Waals surface area contributed by atoms with Crippen molar-refractivity contribution in [2.45, 2.75) is 25.7 Å². The molecular formula is C16H22N2. The third-order valence-corrected chi connectivity index (χ3v) is 3.59. The first-order valence-electron chi connectivity index (χ1n) is 6.85. The molecule has 0 radical (unpaired) electrons. The fraction of sp³-hybridized carbons (Fsp3) is 0.500. The van der Waals surface area contributed by atoms with E-state index in [1.165, 1.54) is 31.2 Å². The van der Waals surface area contributed by atoms with Gasteiger partial charge in [0.2, 0.25) is 0 Å². The molecule has 2 atom stereocenters. The fourth-order valence-corrected chi connectivity index (χ4v) is 2.69. The summed E-state index contributed by atoms with van der Waals surface area (Å²) in [7, 11) is 1.87. The molecule has 0 N–H and O–H groups in total. The quantitative estimate of drug-likeness (QED) is 0.721. The average Bonchev–Trinajstić information content (AvgIpc) is 2.41. The lowest BCUT2D eigenvalue weighted by Crippen LogP contribution is -2.18. The second kappa shape index (κ2) is 7.10. The smallest absolute Gasteiger partial charge is 0.0418 e. The number of rotatable bonds is 4. The third-order valence-electron chi connectivity index (χ3n) is 3.59. The van der Waals surface area contributed by atoms with E-state index in [0.717, 1.165) is 12.5 Å². The second-order valence-electron chi connectivity index (χ2n) is 5.10. The predicted molar refractivity (Wildman–Crippen MR) is 78.8 cm³/mol. The molecule has 1 saturated carbocycles. The van der Waals surface area contributed by atoms with Crippen molar-refractivity contribution in [2.24, 2.45) is 21.8 Å². The minimum absolute atomic E-state index is 0.681. The van der Waals surface area contributed by atoms with E-state index in [1.807, 2.05) is 19.3 Å². The summed E-state index contributed by atoms with van der Waals surface area (Å²) in [5.74, 6) is 1.42. The molecule has 0 aliphatic heterocycles. The summed E-state index contributed by atoms with van der Waals surface area (Å²) in [6.07, 6.45) is 9.31. The highest BCUT2D eigenvalue weighted by molar-refractivity contribution is 5.79. The molecule has 0 aromatic heterocycles. The maximum absolute atomic E-state index is 4.59. The average molecular weight is 242 g/mol. The van der Waals surface area contributed by atoms with Gasteiger partial charge in [-0.25, -0.2) is 0 Å². The molecule has 1 aliphatic rings. The van der Waals surface area contributed by atoms with Crippen molar-refractivity contribution in [1.82, 2.24) is 0 Å². The molecule has 0 saturated heterocycles. The monoisotopic (exact) mass is 242 g/mol. The zero-order chi connectivity index (χ0) is 12.6. The van der Waals surface area contributed by atoms with Crippen LogP contribution in [0.5, 0.6) is 0 Å². The number of hydrogen-bond acceptors (Lipinski definition) is 2. The lowest BCUT2D eigenvalue weighted by atomic mass is 9.82. The van der Waals surface area contributed by atoms with E-state index < -0.39 is 0 Å². The van der Waals surface area contributed by atoms with Crippen LogP contribution in [0.15, 0.2) is 40.3 Å². The van der Waals surface area contributed by atoms with Crippen molar-refractivity contribution in [3.05, 3.63) is 35.9 Å². The van der Waals surface area contributed by atoms with Crippen LogP contribution in [-0.2, 0) is 0 Å². The van der Waals surface area contributed by atoms with Gasteiger partial charge in [0.15, 0.2) is 0 Å². The highest BCUT2D eigenvalue weighted by Crippen LogP contribution is 2.28. The van der Waals surface area contributed by atoms with E-state index in [-0.39, 0.29) is 0 Å². The van der Waals surface area contributed by atoms with Gasteiger partial charge in [-0.05, 0) is 36.7 Å². The number of benzene rings is 1. The van der Waals surface area contributed by atoms with E-state index >= 15 is 0 Å². The maximum atomic E-state index is 4.59. The molecule has 2 nitrogen and oxygen atoms in total. The van der Waals surface area contributed by atoms with E-state index in [2.05, 4.69) is 40.5 Å². The van der Waals surface area contributed by atoms with Gasteiger partial charge in [-0.1, -0.05) is 36.8 Å². The van der Waals surface area contributed by atoms with E-state index in [4.69, 9.17) is 0 Å². The van der Waals surface area contributed by atoms with Crippen LogP contribution in [0.3, 0.4) is 0 Å². The Hall–Kier alpha value is -1.44. The van der Waals surface area contributed by atoms with Crippen LogP contribution in [0, 0.1) is 11.8 Å². The summed E-state index contributed by atoms with van der Waals surface area (Å²) in [6.45, 7) is 0.961. The summed E-state index contributed by atoms with van der Waals surface area (Å²) >= 11 is 0. The van der Waals surface area contributed by atoms with Crippen LogP contribution >= 0.6 is 0 Å². The Bertz CT molecular complexity index is 395. The standard InChI is InChI=1S/C16H22N2/c1-17-11-15-8-5-9-16(10-15)13-18-12-14-6-3-2-4-7-14/h2-4,6-7,11-12,15-16H,5,8-10,13H2,1H3. The van der Waals surface area contributed by atoms with Gasteiger partial charge < -0.3 is 4.99 Å². The van der Waals surface area contributed by atoms with Crippen LogP contribution in [-0.4, -0.2) is 26.0 Å². The zero-order valence-corrected chi connectivity index (χ0v) is 11.1. The van der Waals surface area contributed by atoms with Crippen molar-refractivity contribution in [3.63, 3.8) is 0 Å². The zero-order valence-electron chi connectivity index (χ0n) is 11.1. The van der Waals surface area contributed by atoms with Crippen LogP contribution in [0.25, 0.3) is 0 Å². The van der Waals surface area contributed by atoms with E-state index in [0.29, 0.717) is 5.92 Å². The Labute approximate surface area is 110 Å². The summed E-state index contributed by atoms with van der Waals surface area (Å²) < 4.78 is 0. The van der Waals surface area contributed by atoms with Gasteiger partial charge in [-0.2, -0.15) is 0 Å². The molecule has 0 amide bonds. The number of aliphatic imine (C=N–C) groups is 2. The largest absolute Gasteiger partial charge is 0.301 e. The van der Waals surface area contributed by atoms with Crippen molar-refractivity contribution in [2.75, 3.05) is 13.6 Å². The Balaban J connectivity index is 1.81. The molecule has 0 spiro atoms. The topological polar surface area (TPSA) is 24.7 Å². The molecule has 96 valence electrons. The maximum Gasteiger partial charge on any atom is 0.0418 e. The van der Waals surface area contributed by atoms with Gasteiger partial charge in [0.05, 0.1) is 0 Å². The van der Waals surface area contributed by atoms with Gasteiger partial charge in [0, 0.05) is 26.0 Å². The highest BCUT2D eigenvalue weighted by Gasteiger charge is 2.19. The Morgan fingerprint density at radius 3 is 2.83 bits per heavy atom. The normalized spacial score (nSPS) is 24.9. The van der Waals surface area contributed by atoms with Crippen LogP contribution < -0.4 is 0 Å². The Morgan fingerprint density at radius 2 is 2.06 bits per heavy atom. The van der Waals surface area contributed by atoms with Crippen LogP contribution in [0.2, 0.25) is 0 Å². The molecule has 1 aromatic rings. The molecular weight excluding hydrogens is 220 g/mol. The van der Waals surface area contributed by atoms with E-state index in [1.54, 1.807) is 0 Å². The number of hydrogen-bond donors (Lipinski definition) is 0. The summed E-state index contributed by atoms with van der Waals surface area (Å²) in [4.78, 5) is 8.75. The summed E-state index contributed by atoms with van der Waals surface area (Å²) in [5, 5.41) is 0. The van der Waals surface area contributed by atoms with Gasteiger partial charge >= 0.3 is 0 Å². The van der Waals surface area contributed by atoms with Crippen LogP contribution in [0.1, 0.15) is 31.2 Å². The second-order valence-corrected chi connectivity index (χ2v) is 5.10. The predicted octanol–water partition coefficient (Wildman–Crippen LogP) is 3.61. The first-order valence-corrected chi connectivity index (χ1v) is 6.85. The Kier molecular flexibility index (Phi) is 5.13. The SMILES string of the molecule is CN=CC1CCCC(CN=Cc2ccccc2)C1. The van der Waals surface area contributed by atoms with Crippen LogP contribution in [0.4, 0.5) is 0 Å². The highest BCUT2D eigenvalue weighted by atomic mass is 14.7. The first kappa shape index (κ1) is 13.0. The minimum atomic E-state index is 0.681. The summed E-state index contributed by atoms with van der Waals surface area (Å²) in [6, 6.07) is 10.3. The first-order chi connectivity index (χ1) is 8.88. The molecule has 2 heteroatoms. The van der Waals surface area contributed by atoms with Gasteiger partial charge in [0.25, 0.3) is 0 Å². The third kappa shape index (κ3) is 4.10. The van der Waals surface area contributed by atoms with Crippen molar-refractivity contribution < 1.29 is 0 Å². The molecule has 0 bridgehead atoms. The summed E-state index contributed by atoms with van der Waals surface area (Å²) in [5.41, 5.74) is 1.19. The fourth-order valence-electron chi connectivity index (χ4n) is 2.69. The van der Waals surface area contributed by atoms with Crippen molar-refractivity contribution >= 4 is 12.4 Å². The Morgan fingerprint density at radius 1 is 1.22 bits per heavy atom. The number of nitrogens with zero attached hydrogens (tertiary/aromatic N) is 2. The molecule has 18 heavy (non-hydrogen) atoms. The molecule has 1 aromatic carbocycles. The minimum Gasteiger partial charge on any atom is -0.301 e. The van der Waals surface area contributed by atoms with Crippen molar-refractivity contribution in [1.29, 1.82) is 0 Å². The van der Waals surface area contributed by atoms with Gasteiger partial charge in [-0.15, -0.1) is 0 Å². The van der Waals surface area contributed by atoms with Gasteiger partial charge in [-0.3, -0.25) is 4.99 Å². The lowest BCUT2D eigenvalue weighted by molar-refractivity contribution is 0.328. The van der Waals surface area contributed by atoms with Gasteiger partial charge in [0.1, 0.15) is 0 Å². The molecule has 0 heterocycles.